The Balaban J connectivity index is 1.87. The maximum Gasteiger partial charge on any atom is 0.235 e. The first-order valence-corrected chi connectivity index (χ1v) is 8.70. The Kier molecular flexibility index (Phi) is 4.86. The molecule has 130 valence electrons. The van der Waals surface area contributed by atoms with Crippen molar-refractivity contribution in [2.75, 3.05) is 11.9 Å². The molecule has 3 rings (SSSR count). The summed E-state index contributed by atoms with van der Waals surface area (Å²) in [6, 6.07) is 10.9. The van der Waals surface area contributed by atoms with Crippen LogP contribution in [0, 0.1) is 32.5 Å². The zero-order valence-electron chi connectivity index (χ0n) is 14.5. The van der Waals surface area contributed by atoms with Gasteiger partial charge < -0.3 is 10.6 Å². The first kappa shape index (κ1) is 17.5. The first-order chi connectivity index (χ1) is 11.9. The predicted octanol–water partition coefficient (Wildman–Crippen LogP) is 4.02. The molecule has 1 fully saturated rings. The summed E-state index contributed by atoms with van der Waals surface area (Å²) in [6.07, 6.45) is 0. The smallest absolute Gasteiger partial charge is 0.235 e. The van der Waals surface area contributed by atoms with Gasteiger partial charge in [0.25, 0.3) is 0 Å². The summed E-state index contributed by atoms with van der Waals surface area (Å²) in [5, 5.41) is 5.98. The fourth-order valence-electron chi connectivity index (χ4n) is 3.18. The largest absolute Gasteiger partial charge is 0.378 e. The van der Waals surface area contributed by atoms with Crippen molar-refractivity contribution in [2.45, 2.75) is 26.7 Å². The van der Waals surface area contributed by atoms with Crippen LogP contribution in [0.5, 0.6) is 0 Å². The third-order valence-corrected chi connectivity index (χ3v) is 5.35. The number of rotatable bonds is 3. The van der Waals surface area contributed by atoms with E-state index in [2.05, 4.69) is 42.7 Å². The minimum Gasteiger partial charge on any atom is -0.378 e. The van der Waals surface area contributed by atoms with Gasteiger partial charge in [-0.3, -0.25) is 4.79 Å². The summed E-state index contributed by atoms with van der Waals surface area (Å²) in [6.45, 7) is 6.40. The molecule has 0 spiro atoms. The number of hydrogen-bond donors (Lipinski definition) is 2. The average Bonchev–Trinajstić information content (AvgIpc) is 2.96. The van der Waals surface area contributed by atoms with Gasteiger partial charge in [0.2, 0.25) is 5.91 Å². The van der Waals surface area contributed by atoms with Crippen molar-refractivity contribution in [3.8, 4) is 0 Å². The topological polar surface area (TPSA) is 41.1 Å². The maximum atomic E-state index is 13.7. The van der Waals surface area contributed by atoms with Gasteiger partial charge in [0.15, 0.2) is 0 Å². The zero-order chi connectivity index (χ0) is 18.1. The summed E-state index contributed by atoms with van der Waals surface area (Å²) in [5.74, 6) is -1.03. The molecule has 2 aromatic carbocycles. The zero-order valence-corrected chi connectivity index (χ0v) is 15.3. The second-order valence-electron chi connectivity index (χ2n) is 6.57. The molecule has 1 heterocycles. The molecule has 2 atom stereocenters. The molecule has 0 unspecified atom stereocenters. The summed E-state index contributed by atoms with van der Waals surface area (Å²) in [5.41, 5.74) is 4.41. The lowest BCUT2D eigenvalue weighted by molar-refractivity contribution is -0.118. The Morgan fingerprint density at radius 2 is 1.96 bits per heavy atom. The standard InChI is InChI=1S/C20H21FN2OS/c1-11-7-8-14(9-12(11)2)15-10-22-20(25)18(15)19(24)23-17-6-4-5-16(21)13(17)3/h4-9,15,18H,10H2,1-3H3,(H,22,25)(H,23,24)/t15-,18+/m1/s1. The molecule has 2 N–H and O–H groups in total. The molecule has 1 aliphatic rings. The van der Waals surface area contributed by atoms with E-state index in [1.165, 1.54) is 17.2 Å². The Morgan fingerprint density at radius 3 is 2.68 bits per heavy atom. The third kappa shape index (κ3) is 3.42. The van der Waals surface area contributed by atoms with Gasteiger partial charge in [0.05, 0.1) is 10.9 Å². The molecule has 0 bridgehead atoms. The lowest BCUT2D eigenvalue weighted by Crippen LogP contribution is -2.31. The van der Waals surface area contributed by atoms with Crippen molar-refractivity contribution < 1.29 is 9.18 Å². The van der Waals surface area contributed by atoms with E-state index in [0.717, 1.165) is 5.56 Å². The van der Waals surface area contributed by atoms with Crippen LogP contribution in [0.15, 0.2) is 36.4 Å². The average molecular weight is 356 g/mol. The fourth-order valence-corrected chi connectivity index (χ4v) is 3.54. The van der Waals surface area contributed by atoms with Crippen molar-refractivity contribution in [2.24, 2.45) is 5.92 Å². The van der Waals surface area contributed by atoms with Crippen molar-refractivity contribution >= 4 is 28.8 Å². The maximum absolute atomic E-state index is 13.7. The molecular weight excluding hydrogens is 335 g/mol. The van der Waals surface area contributed by atoms with Crippen molar-refractivity contribution in [3.63, 3.8) is 0 Å². The van der Waals surface area contributed by atoms with Gasteiger partial charge in [0, 0.05) is 23.7 Å². The van der Waals surface area contributed by atoms with Crippen LogP contribution >= 0.6 is 12.2 Å². The molecule has 1 amide bonds. The molecule has 0 aromatic heterocycles. The Labute approximate surface area is 152 Å². The number of aryl methyl sites for hydroxylation is 2. The quantitative estimate of drug-likeness (QED) is 0.816. The Hall–Kier alpha value is -2.27. The molecule has 25 heavy (non-hydrogen) atoms. The van der Waals surface area contributed by atoms with Gasteiger partial charge in [-0.05, 0) is 49.6 Å². The van der Waals surface area contributed by atoms with Gasteiger partial charge in [-0.25, -0.2) is 4.39 Å². The van der Waals surface area contributed by atoms with Crippen molar-refractivity contribution in [1.82, 2.24) is 5.32 Å². The highest BCUT2D eigenvalue weighted by Crippen LogP contribution is 2.32. The summed E-state index contributed by atoms with van der Waals surface area (Å²) >= 11 is 5.38. The molecular formula is C20H21FN2OS. The number of benzene rings is 2. The first-order valence-electron chi connectivity index (χ1n) is 8.29. The number of carbonyl (C=O) groups is 1. The Bertz CT molecular complexity index is 850. The number of carbonyl (C=O) groups excluding carboxylic acids is 1. The minimum atomic E-state index is -0.459. The monoisotopic (exact) mass is 356 g/mol. The SMILES string of the molecule is Cc1ccc([C@H]2CNC(=S)[C@@H]2C(=O)Nc2cccc(F)c2C)cc1C. The molecule has 1 aliphatic heterocycles. The van der Waals surface area contributed by atoms with E-state index in [0.29, 0.717) is 22.8 Å². The van der Waals surface area contributed by atoms with Crippen LogP contribution in [-0.2, 0) is 4.79 Å². The van der Waals surface area contributed by atoms with Crippen molar-refractivity contribution in [1.29, 1.82) is 0 Å². The van der Waals surface area contributed by atoms with Crippen LogP contribution < -0.4 is 10.6 Å². The molecule has 0 radical (unpaired) electrons. The second kappa shape index (κ2) is 6.92. The van der Waals surface area contributed by atoms with Gasteiger partial charge in [-0.15, -0.1) is 0 Å². The van der Waals surface area contributed by atoms with Gasteiger partial charge >= 0.3 is 0 Å². The van der Waals surface area contributed by atoms with E-state index >= 15 is 0 Å². The van der Waals surface area contributed by atoms with E-state index in [9.17, 15) is 9.18 Å². The van der Waals surface area contributed by atoms with Gasteiger partial charge in [-0.2, -0.15) is 0 Å². The van der Waals surface area contributed by atoms with Crippen molar-refractivity contribution in [3.05, 3.63) is 64.5 Å². The number of hydrogen-bond acceptors (Lipinski definition) is 2. The van der Waals surface area contributed by atoms with Gasteiger partial charge in [0.1, 0.15) is 5.82 Å². The molecule has 2 aromatic rings. The van der Waals surface area contributed by atoms with E-state index in [1.807, 2.05) is 0 Å². The van der Waals surface area contributed by atoms with E-state index < -0.39 is 5.92 Å². The normalized spacial score (nSPS) is 19.6. The third-order valence-electron chi connectivity index (χ3n) is 4.95. The van der Waals surface area contributed by atoms with Crippen LogP contribution in [0.25, 0.3) is 0 Å². The Morgan fingerprint density at radius 1 is 1.20 bits per heavy atom. The number of thiocarbonyl (C=S) groups is 1. The highest BCUT2D eigenvalue weighted by atomic mass is 32.1. The number of nitrogens with one attached hydrogen (secondary N) is 2. The van der Waals surface area contributed by atoms with Crippen LogP contribution in [-0.4, -0.2) is 17.4 Å². The van der Waals surface area contributed by atoms with E-state index in [4.69, 9.17) is 12.2 Å². The number of anilines is 1. The summed E-state index contributed by atoms with van der Waals surface area (Å²) < 4.78 is 13.7. The van der Waals surface area contributed by atoms with Crippen LogP contribution in [0.1, 0.15) is 28.2 Å². The fraction of sp³-hybridized carbons (Fsp3) is 0.300. The minimum absolute atomic E-state index is 0.0272. The summed E-state index contributed by atoms with van der Waals surface area (Å²) in [4.78, 5) is 13.4. The van der Waals surface area contributed by atoms with E-state index in [-0.39, 0.29) is 17.6 Å². The molecule has 3 nitrogen and oxygen atoms in total. The number of halogens is 1. The van der Waals surface area contributed by atoms with Crippen LogP contribution in [0.3, 0.4) is 0 Å². The highest BCUT2D eigenvalue weighted by molar-refractivity contribution is 7.80. The highest BCUT2D eigenvalue weighted by Gasteiger charge is 2.38. The van der Waals surface area contributed by atoms with Crippen LogP contribution in [0.2, 0.25) is 0 Å². The molecule has 0 aliphatic carbocycles. The number of amides is 1. The lowest BCUT2D eigenvalue weighted by atomic mass is 9.86. The van der Waals surface area contributed by atoms with E-state index in [1.54, 1.807) is 19.1 Å². The lowest BCUT2D eigenvalue weighted by Gasteiger charge is -2.20. The molecule has 0 saturated carbocycles. The summed E-state index contributed by atoms with van der Waals surface area (Å²) in [7, 11) is 0. The predicted molar refractivity (Wildman–Crippen MR) is 103 cm³/mol. The molecule has 1 saturated heterocycles. The van der Waals surface area contributed by atoms with Gasteiger partial charge in [-0.1, -0.05) is 36.5 Å². The van der Waals surface area contributed by atoms with Crippen LogP contribution in [0.4, 0.5) is 10.1 Å². The molecule has 5 heteroatoms. The second-order valence-corrected chi connectivity index (χ2v) is 7.01.